The number of likely N-dealkylation sites (N-methyl/N-ethyl adjacent to an activating group) is 1. The maximum Gasteiger partial charge on any atom is 0.259 e. The Labute approximate surface area is 158 Å². The number of carbonyl (C=O) groups excluding carboxylic acids is 1. The van der Waals surface area contributed by atoms with Crippen LogP contribution < -0.4 is 10.1 Å². The highest BCUT2D eigenvalue weighted by Crippen LogP contribution is 2.23. The van der Waals surface area contributed by atoms with Crippen LogP contribution >= 0.6 is 0 Å². The average molecular weight is 368 g/mol. The standard InChI is InChI=1S/C20H24N4O3/c1-14-7-8-18(27-14)20-16(12-22-23-20)11-21-10-15-5-4-6-17(9-15)26-13-19(25)24(2)3/h4-9,12,21H,10-11,13H2,1-3H3,(H,22,23). The number of benzene rings is 1. The maximum atomic E-state index is 11.6. The monoisotopic (exact) mass is 368 g/mol. The number of aromatic amines is 1. The molecule has 3 aromatic rings. The summed E-state index contributed by atoms with van der Waals surface area (Å²) in [6.07, 6.45) is 1.80. The van der Waals surface area contributed by atoms with Crippen LogP contribution in [0.4, 0.5) is 0 Å². The molecule has 0 bridgehead atoms. The summed E-state index contributed by atoms with van der Waals surface area (Å²) in [5, 5.41) is 10.5. The highest BCUT2D eigenvalue weighted by Gasteiger charge is 2.11. The first kappa shape index (κ1) is 18.7. The number of aryl methyl sites for hydroxylation is 1. The molecule has 3 rings (SSSR count). The fourth-order valence-corrected chi connectivity index (χ4v) is 2.59. The third kappa shape index (κ3) is 4.98. The molecular formula is C20H24N4O3. The summed E-state index contributed by atoms with van der Waals surface area (Å²) in [5.74, 6) is 2.25. The van der Waals surface area contributed by atoms with Crippen molar-refractivity contribution in [2.45, 2.75) is 20.0 Å². The molecule has 7 nitrogen and oxygen atoms in total. The van der Waals surface area contributed by atoms with Gasteiger partial charge in [0.1, 0.15) is 17.2 Å². The summed E-state index contributed by atoms with van der Waals surface area (Å²) in [6.45, 7) is 3.26. The number of H-pyrrole nitrogens is 1. The van der Waals surface area contributed by atoms with E-state index >= 15 is 0 Å². The fourth-order valence-electron chi connectivity index (χ4n) is 2.59. The van der Waals surface area contributed by atoms with Crippen LogP contribution in [0.3, 0.4) is 0 Å². The van der Waals surface area contributed by atoms with E-state index in [9.17, 15) is 4.79 Å². The van der Waals surface area contributed by atoms with E-state index in [1.165, 1.54) is 4.90 Å². The van der Waals surface area contributed by atoms with Crippen molar-refractivity contribution in [1.82, 2.24) is 20.4 Å². The molecule has 0 spiro atoms. The Morgan fingerprint density at radius 3 is 2.85 bits per heavy atom. The second-order valence-corrected chi connectivity index (χ2v) is 6.51. The fraction of sp³-hybridized carbons (Fsp3) is 0.300. The summed E-state index contributed by atoms with van der Waals surface area (Å²) >= 11 is 0. The molecule has 2 heterocycles. The Bertz CT molecular complexity index is 898. The molecule has 0 saturated carbocycles. The van der Waals surface area contributed by atoms with Gasteiger partial charge < -0.3 is 19.4 Å². The van der Waals surface area contributed by atoms with Crippen LogP contribution in [0.1, 0.15) is 16.9 Å². The maximum absolute atomic E-state index is 11.6. The molecule has 142 valence electrons. The number of nitrogens with zero attached hydrogens (tertiary/aromatic N) is 2. The van der Waals surface area contributed by atoms with Gasteiger partial charge in [0.15, 0.2) is 12.4 Å². The van der Waals surface area contributed by atoms with Gasteiger partial charge >= 0.3 is 0 Å². The summed E-state index contributed by atoms with van der Waals surface area (Å²) in [6, 6.07) is 11.6. The van der Waals surface area contributed by atoms with Gasteiger partial charge in [0.25, 0.3) is 5.91 Å². The molecule has 0 saturated heterocycles. The smallest absolute Gasteiger partial charge is 0.259 e. The lowest BCUT2D eigenvalue weighted by Crippen LogP contribution is -2.27. The van der Waals surface area contributed by atoms with Crippen molar-refractivity contribution in [1.29, 1.82) is 0 Å². The number of hydrogen-bond donors (Lipinski definition) is 2. The summed E-state index contributed by atoms with van der Waals surface area (Å²) in [4.78, 5) is 13.1. The van der Waals surface area contributed by atoms with Gasteiger partial charge in [-0.3, -0.25) is 9.89 Å². The molecule has 7 heteroatoms. The summed E-state index contributed by atoms with van der Waals surface area (Å²) in [5.41, 5.74) is 2.99. The van der Waals surface area contributed by atoms with E-state index in [0.717, 1.165) is 28.3 Å². The minimum atomic E-state index is -0.0702. The lowest BCUT2D eigenvalue weighted by atomic mass is 10.2. The molecule has 0 aliphatic heterocycles. The zero-order chi connectivity index (χ0) is 19.2. The first-order valence-electron chi connectivity index (χ1n) is 8.74. The van der Waals surface area contributed by atoms with E-state index in [2.05, 4.69) is 15.5 Å². The van der Waals surface area contributed by atoms with Crippen LogP contribution in [-0.4, -0.2) is 41.7 Å². The lowest BCUT2D eigenvalue weighted by molar-refractivity contribution is -0.130. The molecule has 0 atom stereocenters. The minimum absolute atomic E-state index is 0.0326. The molecular weight excluding hydrogens is 344 g/mol. The van der Waals surface area contributed by atoms with Gasteiger partial charge in [-0.25, -0.2) is 0 Å². The van der Waals surface area contributed by atoms with Crippen molar-refractivity contribution in [2.24, 2.45) is 0 Å². The molecule has 27 heavy (non-hydrogen) atoms. The van der Waals surface area contributed by atoms with E-state index in [1.807, 2.05) is 43.3 Å². The third-order valence-corrected chi connectivity index (χ3v) is 4.11. The number of ether oxygens (including phenoxy) is 1. The molecule has 1 aromatic carbocycles. The number of amides is 1. The Kier molecular flexibility index (Phi) is 5.93. The second kappa shape index (κ2) is 8.55. The van der Waals surface area contributed by atoms with E-state index in [-0.39, 0.29) is 12.5 Å². The summed E-state index contributed by atoms with van der Waals surface area (Å²) in [7, 11) is 3.42. The topological polar surface area (TPSA) is 83.4 Å². The number of hydrogen-bond acceptors (Lipinski definition) is 5. The number of nitrogens with one attached hydrogen (secondary N) is 2. The molecule has 2 aromatic heterocycles. The van der Waals surface area contributed by atoms with Crippen molar-refractivity contribution >= 4 is 5.91 Å². The van der Waals surface area contributed by atoms with Crippen LogP contribution in [0.15, 0.2) is 47.0 Å². The Balaban J connectivity index is 1.55. The van der Waals surface area contributed by atoms with Crippen molar-refractivity contribution in [3.63, 3.8) is 0 Å². The second-order valence-electron chi connectivity index (χ2n) is 6.51. The van der Waals surface area contributed by atoms with E-state index < -0.39 is 0 Å². The van der Waals surface area contributed by atoms with Gasteiger partial charge in [0.05, 0.1) is 6.20 Å². The van der Waals surface area contributed by atoms with Crippen LogP contribution in [0.5, 0.6) is 5.75 Å². The van der Waals surface area contributed by atoms with Gasteiger partial charge in [-0.1, -0.05) is 12.1 Å². The van der Waals surface area contributed by atoms with Crippen LogP contribution in [0.2, 0.25) is 0 Å². The zero-order valence-corrected chi connectivity index (χ0v) is 15.8. The molecule has 1 amide bonds. The van der Waals surface area contributed by atoms with Crippen LogP contribution in [0.25, 0.3) is 11.5 Å². The van der Waals surface area contributed by atoms with E-state index in [4.69, 9.17) is 9.15 Å². The van der Waals surface area contributed by atoms with Crippen molar-refractivity contribution in [2.75, 3.05) is 20.7 Å². The van der Waals surface area contributed by atoms with Crippen LogP contribution in [0, 0.1) is 6.92 Å². The quantitative estimate of drug-likeness (QED) is 0.639. The van der Waals surface area contributed by atoms with Crippen molar-refractivity contribution in [3.05, 3.63) is 59.5 Å². The molecule has 0 aliphatic carbocycles. The van der Waals surface area contributed by atoms with E-state index in [0.29, 0.717) is 18.8 Å². The van der Waals surface area contributed by atoms with Gasteiger partial charge in [0.2, 0.25) is 0 Å². The molecule has 0 fully saturated rings. The molecule has 0 radical (unpaired) electrons. The Morgan fingerprint density at radius 1 is 1.26 bits per heavy atom. The number of rotatable bonds is 8. The lowest BCUT2D eigenvalue weighted by Gasteiger charge is -2.12. The molecule has 2 N–H and O–H groups in total. The zero-order valence-electron chi connectivity index (χ0n) is 15.8. The first-order chi connectivity index (χ1) is 13.0. The average Bonchev–Trinajstić information content (AvgIpc) is 3.28. The molecule has 0 unspecified atom stereocenters. The number of aromatic nitrogens is 2. The predicted octanol–water partition coefficient (Wildman–Crippen LogP) is 2.73. The van der Waals surface area contributed by atoms with Crippen LogP contribution in [-0.2, 0) is 17.9 Å². The van der Waals surface area contributed by atoms with Gasteiger partial charge in [-0.2, -0.15) is 5.10 Å². The highest BCUT2D eigenvalue weighted by molar-refractivity contribution is 5.77. The normalized spacial score (nSPS) is 10.8. The van der Waals surface area contributed by atoms with Gasteiger partial charge in [-0.15, -0.1) is 0 Å². The predicted molar refractivity (Wildman–Crippen MR) is 102 cm³/mol. The SMILES string of the molecule is Cc1ccc(-c2[nH]ncc2CNCc2cccc(OCC(=O)N(C)C)c2)o1. The first-order valence-corrected chi connectivity index (χ1v) is 8.74. The Hall–Kier alpha value is -3.06. The van der Waals surface area contributed by atoms with Gasteiger partial charge in [-0.05, 0) is 36.8 Å². The number of carbonyl (C=O) groups is 1. The van der Waals surface area contributed by atoms with Crippen molar-refractivity contribution in [3.8, 4) is 17.2 Å². The summed E-state index contributed by atoms with van der Waals surface area (Å²) < 4.78 is 11.2. The molecule has 0 aliphatic rings. The third-order valence-electron chi connectivity index (χ3n) is 4.11. The Morgan fingerprint density at radius 2 is 2.11 bits per heavy atom. The largest absolute Gasteiger partial charge is 0.484 e. The number of furan rings is 1. The van der Waals surface area contributed by atoms with Crippen molar-refractivity contribution < 1.29 is 13.9 Å². The minimum Gasteiger partial charge on any atom is -0.484 e. The highest BCUT2D eigenvalue weighted by atomic mass is 16.5. The van der Waals surface area contributed by atoms with Gasteiger partial charge in [0, 0.05) is 32.7 Å². The van der Waals surface area contributed by atoms with E-state index in [1.54, 1.807) is 20.3 Å².